The standard InChI is InChI=1S/C15H25NO5/c1-10(2)9-12(17)20-13(18)11-7-6-8-16(11)14(19)21-15(3,4)5/h10-11H,6-9H2,1-5H3/t11-/m1/s1. The van der Waals surface area contributed by atoms with Gasteiger partial charge in [-0.25, -0.2) is 9.59 Å². The molecule has 0 saturated carbocycles. The number of carbonyl (C=O) groups is 3. The van der Waals surface area contributed by atoms with Crippen LogP contribution in [0.4, 0.5) is 4.79 Å². The van der Waals surface area contributed by atoms with Crippen molar-refractivity contribution in [1.29, 1.82) is 0 Å². The van der Waals surface area contributed by atoms with E-state index < -0.39 is 29.7 Å². The molecule has 0 bridgehead atoms. The minimum absolute atomic E-state index is 0.121. The lowest BCUT2D eigenvalue weighted by atomic mass is 10.1. The number of likely N-dealkylation sites (tertiary alicyclic amines) is 1. The van der Waals surface area contributed by atoms with Crippen molar-refractivity contribution >= 4 is 18.0 Å². The van der Waals surface area contributed by atoms with E-state index in [0.717, 1.165) is 0 Å². The molecule has 21 heavy (non-hydrogen) atoms. The highest BCUT2D eigenvalue weighted by Gasteiger charge is 2.38. The van der Waals surface area contributed by atoms with E-state index in [9.17, 15) is 14.4 Å². The topological polar surface area (TPSA) is 72.9 Å². The van der Waals surface area contributed by atoms with Gasteiger partial charge in [0.2, 0.25) is 0 Å². The van der Waals surface area contributed by atoms with Crippen molar-refractivity contribution in [1.82, 2.24) is 4.90 Å². The molecule has 1 heterocycles. The third-order valence-corrected chi connectivity index (χ3v) is 2.94. The molecule has 6 heteroatoms. The summed E-state index contributed by atoms with van der Waals surface area (Å²) in [6, 6.07) is -0.726. The minimum atomic E-state index is -0.726. The Balaban J connectivity index is 2.62. The number of rotatable bonds is 3. The van der Waals surface area contributed by atoms with Gasteiger partial charge >= 0.3 is 18.0 Å². The SMILES string of the molecule is CC(C)CC(=O)OC(=O)[C@H]1CCCN1C(=O)OC(C)(C)C. The second-order valence-corrected chi connectivity index (χ2v) is 6.72. The molecule has 0 aromatic carbocycles. The predicted octanol–water partition coefficient (Wildman–Crippen LogP) is 2.50. The van der Waals surface area contributed by atoms with Crippen LogP contribution in [-0.4, -0.2) is 41.1 Å². The Morgan fingerprint density at radius 3 is 2.38 bits per heavy atom. The van der Waals surface area contributed by atoms with Gasteiger partial charge in [0.15, 0.2) is 0 Å². The molecule has 1 rings (SSSR count). The Hall–Kier alpha value is -1.59. The Kier molecular flexibility index (Phi) is 5.75. The average molecular weight is 299 g/mol. The smallest absolute Gasteiger partial charge is 0.411 e. The highest BCUT2D eigenvalue weighted by molar-refractivity contribution is 5.90. The molecule has 1 atom stereocenters. The molecule has 0 aromatic rings. The average Bonchev–Trinajstić information content (AvgIpc) is 2.73. The predicted molar refractivity (Wildman–Crippen MR) is 76.5 cm³/mol. The third kappa shape index (κ3) is 5.73. The summed E-state index contributed by atoms with van der Waals surface area (Å²) in [4.78, 5) is 37.0. The van der Waals surface area contributed by atoms with Crippen molar-refractivity contribution < 1.29 is 23.9 Å². The molecular weight excluding hydrogens is 274 g/mol. The molecule has 1 amide bonds. The molecule has 0 spiro atoms. The van der Waals surface area contributed by atoms with Crippen LogP contribution in [0.5, 0.6) is 0 Å². The van der Waals surface area contributed by atoms with Gasteiger partial charge in [-0.1, -0.05) is 13.8 Å². The molecule has 1 aliphatic heterocycles. The second-order valence-electron chi connectivity index (χ2n) is 6.72. The second kappa shape index (κ2) is 6.91. The van der Waals surface area contributed by atoms with Gasteiger partial charge in [-0.2, -0.15) is 0 Å². The Bertz CT molecular complexity index is 411. The molecule has 0 N–H and O–H groups in total. The van der Waals surface area contributed by atoms with Crippen LogP contribution < -0.4 is 0 Å². The monoisotopic (exact) mass is 299 g/mol. The van der Waals surface area contributed by atoms with Crippen LogP contribution in [0, 0.1) is 5.92 Å². The van der Waals surface area contributed by atoms with Gasteiger partial charge in [-0.3, -0.25) is 9.69 Å². The maximum absolute atomic E-state index is 12.1. The molecule has 0 radical (unpaired) electrons. The largest absolute Gasteiger partial charge is 0.444 e. The number of esters is 2. The van der Waals surface area contributed by atoms with Crippen molar-refractivity contribution in [2.24, 2.45) is 5.92 Å². The molecule has 120 valence electrons. The van der Waals surface area contributed by atoms with Crippen LogP contribution in [0.3, 0.4) is 0 Å². The van der Waals surface area contributed by atoms with Crippen LogP contribution in [0.1, 0.15) is 53.9 Å². The highest BCUT2D eigenvalue weighted by Crippen LogP contribution is 2.22. The molecular formula is C15H25NO5. The fourth-order valence-corrected chi connectivity index (χ4v) is 2.11. The number of hydrogen-bond donors (Lipinski definition) is 0. The minimum Gasteiger partial charge on any atom is -0.444 e. The lowest BCUT2D eigenvalue weighted by molar-refractivity contribution is -0.163. The first kappa shape index (κ1) is 17.5. The fraction of sp³-hybridized carbons (Fsp3) is 0.800. The van der Waals surface area contributed by atoms with Crippen LogP contribution in [0.25, 0.3) is 0 Å². The van der Waals surface area contributed by atoms with E-state index >= 15 is 0 Å². The molecule has 1 fully saturated rings. The maximum Gasteiger partial charge on any atom is 0.411 e. The quantitative estimate of drug-likeness (QED) is 0.591. The molecule has 0 unspecified atom stereocenters. The summed E-state index contributed by atoms with van der Waals surface area (Å²) in [6.45, 7) is 9.47. The van der Waals surface area contributed by atoms with Gasteiger partial charge < -0.3 is 9.47 Å². The molecule has 1 saturated heterocycles. The molecule has 0 aromatic heterocycles. The van der Waals surface area contributed by atoms with Crippen molar-refractivity contribution in [3.8, 4) is 0 Å². The van der Waals surface area contributed by atoms with E-state index in [-0.39, 0.29) is 12.3 Å². The van der Waals surface area contributed by atoms with Crippen molar-refractivity contribution in [2.75, 3.05) is 6.54 Å². The highest BCUT2D eigenvalue weighted by atomic mass is 16.6. The van der Waals surface area contributed by atoms with E-state index in [1.165, 1.54) is 4.90 Å². The van der Waals surface area contributed by atoms with Gasteiger partial charge in [0.05, 0.1) is 0 Å². The Morgan fingerprint density at radius 2 is 1.86 bits per heavy atom. The summed E-state index contributed by atoms with van der Waals surface area (Å²) in [5.41, 5.74) is -0.623. The Labute approximate surface area is 125 Å². The van der Waals surface area contributed by atoms with Crippen LogP contribution >= 0.6 is 0 Å². The van der Waals surface area contributed by atoms with Gasteiger partial charge in [0.25, 0.3) is 0 Å². The van der Waals surface area contributed by atoms with Crippen molar-refractivity contribution in [3.63, 3.8) is 0 Å². The van der Waals surface area contributed by atoms with Crippen molar-refractivity contribution in [3.05, 3.63) is 0 Å². The van der Waals surface area contributed by atoms with Gasteiger partial charge in [-0.15, -0.1) is 0 Å². The first-order chi connectivity index (χ1) is 9.60. The number of carbonyl (C=O) groups excluding carboxylic acids is 3. The van der Waals surface area contributed by atoms with E-state index in [2.05, 4.69) is 0 Å². The first-order valence-electron chi connectivity index (χ1n) is 7.34. The normalized spacial score (nSPS) is 18.8. The van der Waals surface area contributed by atoms with Crippen LogP contribution in [0.2, 0.25) is 0 Å². The van der Waals surface area contributed by atoms with Crippen molar-refractivity contribution in [2.45, 2.75) is 65.5 Å². The summed E-state index contributed by atoms with van der Waals surface area (Å²) < 4.78 is 10.1. The van der Waals surface area contributed by atoms with Crippen LogP contribution in [-0.2, 0) is 19.1 Å². The summed E-state index contributed by atoms with van der Waals surface area (Å²) in [5.74, 6) is -1.09. The van der Waals surface area contributed by atoms with Gasteiger partial charge in [0.1, 0.15) is 11.6 Å². The number of amides is 1. The summed E-state index contributed by atoms with van der Waals surface area (Å²) >= 11 is 0. The lowest BCUT2D eigenvalue weighted by Gasteiger charge is -2.27. The third-order valence-electron chi connectivity index (χ3n) is 2.94. The fourth-order valence-electron chi connectivity index (χ4n) is 2.11. The lowest BCUT2D eigenvalue weighted by Crippen LogP contribution is -2.44. The van der Waals surface area contributed by atoms with E-state index in [0.29, 0.717) is 19.4 Å². The maximum atomic E-state index is 12.1. The molecule has 1 aliphatic rings. The number of ether oxygens (including phenoxy) is 2. The van der Waals surface area contributed by atoms with Gasteiger partial charge in [0, 0.05) is 13.0 Å². The first-order valence-corrected chi connectivity index (χ1v) is 7.34. The zero-order chi connectivity index (χ0) is 16.2. The summed E-state index contributed by atoms with van der Waals surface area (Å²) in [7, 11) is 0. The number of hydrogen-bond acceptors (Lipinski definition) is 5. The van der Waals surface area contributed by atoms with Crippen LogP contribution in [0.15, 0.2) is 0 Å². The zero-order valence-corrected chi connectivity index (χ0v) is 13.5. The summed E-state index contributed by atoms with van der Waals surface area (Å²) in [5, 5.41) is 0. The number of nitrogens with zero attached hydrogens (tertiary/aromatic N) is 1. The molecule has 0 aliphatic carbocycles. The van der Waals surface area contributed by atoms with E-state index in [1.54, 1.807) is 20.8 Å². The van der Waals surface area contributed by atoms with E-state index in [1.807, 2.05) is 13.8 Å². The molecule has 6 nitrogen and oxygen atoms in total. The van der Waals surface area contributed by atoms with Gasteiger partial charge in [-0.05, 0) is 39.5 Å². The van der Waals surface area contributed by atoms with E-state index in [4.69, 9.17) is 9.47 Å². The zero-order valence-electron chi connectivity index (χ0n) is 13.5. The summed E-state index contributed by atoms with van der Waals surface area (Å²) in [6.07, 6.45) is 0.827. The Morgan fingerprint density at radius 1 is 1.24 bits per heavy atom.